The molecule has 0 fully saturated rings. The number of anilines is 1. The predicted octanol–water partition coefficient (Wildman–Crippen LogP) is 8.45. The van der Waals surface area contributed by atoms with Gasteiger partial charge in [-0.3, -0.25) is 4.79 Å². The Labute approximate surface area is 247 Å². The largest absolute Gasteiger partial charge is 0.493 e. The highest BCUT2D eigenvalue weighted by Gasteiger charge is 2.25. The molecule has 0 spiro atoms. The molecular weight excluding hydrogens is 569 g/mol. The molecule has 0 aliphatic carbocycles. The number of amides is 1. The van der Waals surface area contributed by atoms with E-state index >= 15 is 0 Å². The van der Waals surface area contributed by atoms with Crippen molar-refractivity contribution < 1.29 is 23.8 Å². The summed E-state index contributed by atoms with van der Waals surface area (Å²) >= 11 is 13.8. The van der Waals surface area contributed by atoms with Crippen LogP contribution in [0.4, 0.5) is 5.00 Å². The average molecular weight is 597 g/mol. The van der Waals surface area contributed by atoms with Crippen LogP contribution in [0.1, 0.15) is 33.3 Å². The van der Waals surface area contributed by atoms with E-state index in [9.17, 15) is 9.59 Å². The van der Waals surface area contributed by atoms with Crippen LogP contribution >= 0.6 is 34.5 Å². The first-order valence-corrected chi connectivity index (χ1v) is 14.0. The number of thiophene rings is 1. The first-order chi connectivity index (χ1) is 19.3. The number of carbonyl (C=O) groups is 2. The normalized spacial score (nSPS) is 10.9. The molecule has 0 saturated carbocycles. The summed E-state index contributed by atoms with van der Waals surface area (Å²) in [4.78, 5) is 26.7. The van der Waals surface area contributed by atoms with Gasteiger partial charge in [-0.25, -0.2) is 4.79 Å². The Bertz CT molecular complexity index is 1530. The van der Waals surface area contributed by atoms with Gasteiger partial charge in [-0.05, 0) is 55.3 Å². The zero-order valence-corrected chi connectivity index (χ0v) is 24.5. The van der Waals surface area contributed by atoms with E-state index in [1.807, 2.05) is 37.3 Å². The highest BCUT2D eigenvalue weighted by molar-refractivity contribution is 7.17. The number of benzene rings is 3. The molecule has 6 nitrogen and oxygen atoms in total. The second kappa shape index (κ2) is 13.5. The number of hydrogen-bond acceptors (Lipinski definition) is 6. The van der Waals surface area contributed by atoms with Gasteiger partial charge in [-0.1, -0.05) is 65.7 Å². The fraction of sp³-hybridized carbons (Fsp3) is 0.161. The molecule has 0 aliphatic heterocycles. The van der Waals surface area contributed by atoms with E-state index in [1.165, 1.54) is 24.5 Å². The standard InChI is InChI=1S/C31H27Cl2NO5S/c1-4-38-31(36)29-28(21-9-6-5-7-10-21)19(2)40-30(29)34-27(35)16-14-20-13-15-25(26(17-20)37-3)39-18-22-23(32)11-8-12-24(22)33/h5-17H,4,18H2,1-3H3,(H,34,35)/b16-14+. The summed E-state index contributed by atoms with van der Waals surface area (Å²) in [6, 6.07) is 20.1. The molecule has 0 saturated heterocycles. The molecule has 1 aromatic heterocycles. The quantitative estimate of drug-likeness (QED) is 0.147. The Morgan fingerprint density at radius 2 is 1.70 bits per heavy atom. The summed E-state index contributed by atoms with van der Waals surface area (Å²) in [6.07, 6.45) is 3.04. The Balaban J connectivity index is 1.51. The van der Waals surface area contributed by atoms with E-state index in [2.05, 4.69) is 5.32 Å². The van der Waals surface area contributed by atoms with Crippen molar-refractivity contribution in [2.24, 2.45) is 0 Å². The number of aryl methyl sites for hydroxylation is 1. The summed E-state index contributed by atoms with van der Waals surface area (Å²) in [5.41, 5.74) is 3.37. The number of nitrogens with one attached hydrogen (secondary N) is 1. The number of halogens is 2. The molecular formula is C31H27Cl2NO5S. The van der Waals surface area contributed by atoms with Crippen molar-refractivity contribution in [3.8, 4) is 22.6 Å². The number of ether oxygens (including phenoxy) is 3. The first kappa shape index (κ1) is 29.2. The first-order valence-electron chi connectivity index (χ1n) is 12.4. The minimum atomic E-state index is -0.483. The number of rotatable bonds is 10. The Hall–Kier alpha value is -3.78. The van der Waals surface area contributed by atoms with Crippen molar-refractivity contribution in [2.45, 2.75) is 20.5 Å². The molecule has 0 aliphatic rings. The van der Waals surface area contributed by atoms with Crippen LogP contribution < -0.4 is 14.8 Å². The van der Waals surface area contributed by atoms with Crippen molar-refractivity contribution >= 4 is 57.5 Å². The van der Waals surface area contributed by atoms with Gasteiger partial charge in [0.05, 0.1) is 13.7 Å². The zero-order valence-electron chi connectivity index (χ0n) is 22.1. The number of carbonyl (C=O) groups excluding carboxylic acids is 2. The Morgan fingerprint density at radius 1 is 0.975 bits per heavy atom. The summed E-state index contributed by atoms with van der Waals surface area (Å²) in [5.74, 6) is 0.112. The van der Waals surface area contributed by atoms with Crippen LogP contribution in [0, 0.1) is 6.92 Å². The van der Waals surface area contributed by atoms with Gasteiger partial charge < -0.3 is 19.5 Å². The highest BCUT2D eigenvalue weighted by Crippen LogP contribution is 2.40. The third-order valence-electron chi connectivity index (χ3n) is 5.91. The molecule has 0 atom stereocenters. The summed E-state index contributed by atoms with van der Waals surface area (Å²) < 4.78 is 16.7. The third kappa shape index (κ3) is 6.86. The molecule has 0 bridgehead atoms. The van der Waals surface area contributed by atoms with Crippen LogP contribution in [-0.2, 0) is 16.1 Å². The van der Waals surface area contributed by atoms with E-state index in [4.69, 9.17) is 37.4 Å². The van der Waals surface area contributed by atoms with E-state index in [0.717, 1.165) is 16.0 Å². The van der Waals surface area contributed by atoms with E-state index in [-0.39, 0.29) is 19.1 Å². The highest BCUT2D eigenvalue weighted by atomic mass is 35.5. The van der Waals surface area contributed by atoms with Gasteiger partial charge >= 0.3 is 5.97 Å². The summed E-state index contributed by atoms with van der Waals surface area (Å²) in [7, 11) is 1.53. The lowest BCUT2D eigenvalue weighted by Gasteiger charge is -2.13. The molecule has 9 heteroatoms. The van der Waals surface area contributed by atoms with Crippen LogP contribution in [0.15, 0.2) is 72.8 Å². The van der Waals surface area contributed by atoms with Crippen LogP contribution in [0.25, 0.3) is 17.2 Å². The van der Waals surface area contributed by atoms with Gasteiger partial charge in [-0.2, -0.15) is 0 Å². The molecule has 1 N–H and O–H groups in total. The average Bonchev–Trinajstić information content (AvgIpc) is 3.27. The number of methoxy groups -OCH3 is 1. The Morgan fingerprint density at radius 3 is 2.38 bits per heavy atom. The zero-order chi connectivity index (χ0) is 28.6. The van der Waals surface area contributed by atoms with Gasteiger partial charge in [0.1, 0.15) is 17.2 Å². The van der Waals surface area contributed by atoms with Crippen LogP contribution in [0.3, 0.4) is 0 Å². The lowest BCUT2D eigenvalue weighted by Crippen LogP contribution is -2.12. The van der Waals surface area contributed by atoms with Gasteiger partial charge in [0, 0.05) is 32.1 Å². The summed E-state index contributed by atoms with van der Waals surface area (Å²) in [6.45, 7) is 4.05. The van der Waals surface area contributed by atoms with E-state index in [0.29, 0.717) is 43.2 Å². The number of hydrogen-bond donors (Lipinski definition) is 1. The topological polar surface area (TPSA) is 73.9 Å². The van der Waals surface area contributed by atoms with E-state index in [1.54, 1.807) is 49.4 Å². The smallest absolute Gasteiger partial charge is 0.341 e. The van der Waals surface area contributed by atoms with Gasteiger partial charge in [0.2, 0.25) is 5.91 Å². The second-order valence-corrected chi connectivity index (χ2v) is 10.6. The molecule has 1 heterocycles. The van der Waals surface area contributed by atoms with Crippen molar-refractivity contribution in [1.29, 1.82) is 0 Å². The van der Waals surface area contributed by atoms with Gasteiger partial charge in [0.15, 0.2) is 11.5 Å². The SMILES string of the molecule is CCOC(=O)c1c(NC(=O)/C=C/c2ccc(OCc3c(Cl)cccc3Cl)c(OC)c2)sc(C)c1-c1ccccc1. The maximum absolute atomic E-state index is 12.9. The molecule has 1 amide bonds. The van der Waals surface area contributed by atoms with Crippen molar-refractivity contribution in [3.05, 3.63) is 104 Å². The van der Waals surface area contributed by atoms with Crippen molar-refractivity contribution in [2.75, 3.05) is 19.0 Å². The lowest BCUT2D eigenvalue weighted by molar-refractivity contribution is -0.111. The van der Waals surface area contributed by atoms with Crippen LogP contribution in [-0.4, -0.2) is 25.6 Å². The predicted molar refractivity (Wildman–Crippen MR) is 162 cm³/mol. The maximum Gasteiger partial charge on any atom is 0.341 e. The Kier molecular flexibility index (Phi) is 9.88. The van der Waals surface area contributed by atoms with E-state index < -0.39 is 5.97 Å². The minimum absolute atomic E-state index is 0.167. The molecule has 206 valence electrons. The molecule has 4 aromatic rings. The minimum Gasteiger partial charge on any atom is -0.493 e. The van der Waals surface area contributed by atoms with Crippen LogP contribution in [0.2, 0.25) is 10.0 Å². The monoisotopic (exact) mass is 595 g/mol. The van der Waals surface area contributed by atoms with Crippen LogP contribution in [0.5, 0.6) is 11.5 Å². The molecule has 3 aromatic carbocycles. The molecule has 4 rings (SSSR count). The fourth-order valence-corrected chi connectivity index (χ4v) is 5.61. The maximum atomic E-state index is 12.9. The van der Waals surface area contributed by atoms with Gasteiger partial charge in [-0.15, -0.1) is 11.3 Å². The van der Waals surface area contributed by atoms with Crippen molar-refractivity contribution in [3.63, 3.8) is 0 Å². The number of esters is 1. The molecule has 0 radical (unpaired) electrons. The lowest BCUT2D eigenvalue weighted by atomic mass is 10.0. The third-order valence-corrected chi connectivity index (χ3v) is 7.64. The van der Waals surface area contributed by atoms with Crippen molar-refractivity contribution in [1.82, 2.24) is 0 Å². The fourth-order valence-electron chi connectivity index (χ4n) is 4.04. The summed E-state index contributed by atoms with van der Waals surface area (Å²) in [5, 5.41) is 4.31. The molecule has 0 unspecified atom stereocenters. The van der Waals surface area contributed by atoms with Gasteiger partial charge in [0.25, 0.3) is 0 Å². The second-order valence-electron chi connectivity index (χ2n) is 8.55. The molecule has 40 heavy (non-hydrogen) atoms.